The van der Waals surface area contributed by atoms with Crippen LogP contribution in [0.15, 0.2) is 12.2 Å². The summed E-state index contributed by atoms with van der Waals surface area (Å²) in [5, 5.41) is 9.93. The summed E-state index contributed by atoms with van der Waals surface area (Å²) < 4.78 is 31.9. The van der Waals surface area contributed by atoms with Gasteiger partial charge in [-0.3, -0.25) is 0 Å². The summed E-state index contributed by atoms with van der Waals surface area (Å²) in [6.07, 6.45) is 13.0. The van der Waals surface area contributed by atoms with Crippen LogP contribution in [0, 0.1) is 5.41 Å². The minimum absolute atomic E-state index is 0.0533. The van der Waals surface area contributed by atoms with Crippen molar-refractivity contribution < 1.29 is 23.7 Å². The molecular weight excluding hydrogens is 347 g/mol. The number of hydrogen-bond acceptors (Lipinski definition) is 4. The molecule has 1 N–H and O–H groups in total. The van der Waals surface area contributed by atoms with Gasteiger partial charge < -0.3 is 19.3 Å². The fraction of sp³-hybridized carbons (Fsp3) is 0.909. The van der Waals surface area contributed by atoms with Crippen LogP contribution in [0.3, 0.4) is 0 Å². The van der Waals surface area contributed by atoms with E-state index in [1.807, 2.05) is 6.08 Å². The first-order valence-electron chi connectivity index (χ1n) is 10.8. The molecule has 3 rings (SSSR count). The SMILES string of the molecule is CC(F)(CC=CC12CCCC1(C)OC(O)C2)CCCCOC1CCCCO1. The molecule has 4 nitrogen and oxygen atoms in total. The number of aliphatic hydroxyl groups is 1. The fourth-order valence-corrected chi connectivity index (χ4v) is 5.02. The van der Waals surface area contributed by atoms with Gasteiger partial charge in [0.15, 0.2) is 12.6 Å². The zero-order valence-electron chi connectivity index (χ0n) is 17.1. The lowest BCUT2D eigenvalue weighted by Crippen LogP contribution is -2.35. The average Bonchev–Trinajstić information content (AvgIpc) is 3.03. The van der Waals surface area contributed by atoms with E-state index in [1.165, 1.54) is 6.42 Å². The number of hydrogen-bond donors (Lipinski definition) is 1. The predicted octanol–water partition coefficient (Wildman–Crippen LogP) is 5.04. The monoisotopic (exact) mass is 384 g/mol. The molecule has 5 atom stereocenters. The van der Waals surface area contributed by atoms with Crippen molar-refractivity contribution in [3.63, 3.8) is 0 Å². The predicted molar refractivity (Wildman–Crippen MR) is 103 cm³/mol. The second-order valence-corrected chi connectivity index (χ2v) is 9.16. The molecule has 2 saturated heterocycles. The Labute approximate surface area is 163 Å². The highest BCUT2D eigenvalue weighted by atomic mass is 19.1. The highest BCUT2D eigenvalue weighted by Crippen LogP contribution is 2.57. The standard InChI is InChI=1S/C22H37FO4/c1-20(23,10-4-6-16-26-19-9-3-5-15-25-19)11-7-13-22-14-8-12-21(22,2)27-18(24)17-22/h7,13,18-19,24H,3-6,8-12,14-17H2,1-2H3. The first-order chi connectivity index (χ1) is 12.8. The van der Waals surface area contributed by atoms with Crippen molar-refractivity contribution in [2.24, 2.45) is 5.41 Å². The van der Waals surface area contributed by atoms with E-state index in [9.17, 15) is 9.50 Å². The third-order valence-electron chi connectivity index (χ3n) is 6.78. The van der Waals surface area contributed by atoms with Crippen LogP contribution in [-0.4, -0.2) is 42.2 Å². The first-order valence-corrected chi connectivity index (χ1v) is 10.8. The molecule has 3 aliphatic rings. The summed E-state index contributed by atoms with van der Waals surface area (Å²) in [6.45, 7) is 5.22. The second kappa shape index (κ2) is 8.89. The van der Waals surface area contributed by atoms with E-state index >= 15 is 0 Å². The van der Waals surface area contributed by atoms with Gasteiger partial charge >= 0.3 is 0 Å². The van der Waals surface area contributed by atoms with Crippen LogP contribution in [0.5, 0.6) is 0 Å². The average molecular weight is 385 g/mol. The first kappa shape index (κ1) is 21.2. The Kier molecular flexibility index (Phi) is 6.99. The van der Waals surface area contributed by atoms with Gasteiger partial charge in [0.2, 0.25) is 0 Å². The van der Waals surface area contributed by atoms with Gasteiger partial charge in [0.1, 0.15) is 5.67 Å². The summed E-state index contributed by atoms with van der Waals surface area (Å²) >= 11 is 0. The number of alkyl halides is 1. The van der Waals surface area contributed by atoms with Crippen LogP contribution in [-0.2, 0) is 14.2 Å². The summed E-state index contributed by atoms with van der Waals surface area (Å²) in [5.74, 6) is 0. The summed E-state index contributed by atoms with van der Waals surface area (Å²) in [5.41, 5.74) is -1.63. The minimum Gasteiger partial charge on any atom is -0.368 e. The number of fused-ring (bicyclic) bond motifs is 1. The molecule has 1 aliphatic carbocycles. The van der Waals surface area contributed by atoms with E-state index in [0.29, 0.717) is 25.9 Å². The van der Waals surface area contributed by atoms with Gasteiger partial charge in [-0.1, -0.05) is 12.2 Å². The van der Waals surface area contributed by atoms with Gasteiger partial charge in [-0.15, -0.1) is 0 Å². The lowest BCUT2D eigenvalue weighted by molar-refractivity contribution is -0.163. The number of aliphatic hydroxyl groups excluding tert-OH is 1. The number of unbranched alkanes of at least 4 members (excludes halogenated alkanes) is 1. The molecule has 3 fully saturated rings. The molecule has 0 aromatic heterocycles. The quantitative estimate of drug-likeness (QED) is 0.447. The van der Waals surface area contributed by atoms with E-state index in [2.05, 4.69) is 13.0 Å². The van der Waals surface area contributed by atoms with Crippen molar-refractivity contribution in [2.75, 3.05) is 13.2 Å². The summed E-state index contributed by atoms with van der Waals surface area (Å²) in [4.78, 5) is 0. The lowest BCUT2D eigenvalue weighted by atomic mass is 9.74. The maximum absolute atomic E-state index is 14.9. The Bertz CT molecular complexity index is 503. The molecule has 0 spiro atoms. The fourth-order valence-electron chi connectivity index (χ4n) is 5.02. The van der Waals surface area contributed by atoms with Crippen molar-refractivity contribution >= 4 is 0 Å². The molecule has 0 aromatic carbocycles. The molecule has 156 valence electrons. The number of halogens is 1. The second-order valence-electron chi connectivity index (χ2n) is 9.16. The summed E-state index contributed by atoms with van der Waals surface area (Å²) in [6, 6.07) is 0. The van der Waals surface area contributed by atoms with E-state index in [4.69, 9.17) is 14.2 Å². The van der Waals surface area contributed by atoms with Crippen molar-refractivity contribution in [1.82, 2.24) is 0 Å². The van der Waals surface area contributed by atoms with Crippen LogP contribution in [0.25, 0.3) is 0 Å². The highest BCUT2D eigenvalue weighted by Gasteiger charge is 2.57. The largest absolute Gasteiger partial charge is 0.368 e. The van der Waals surface area contributed by atoms with E-state index in [-0.39, 0.29) is 17.3 Å². The van der Waals surface area contributed by atoms with Crippen molar-refractivity contribution in [3.8, 4) is 0 Å². The number of rotatable bonds is 9. The Morgan fingerprint density at radius 2 is 2.11 bits per heavy atom. The molecule has 5 heteroatoms. The van der Waals surface area contributed by atoms with E-state index in [0.717, 1.165) is 51.6 Å². The van der Waals surface area contributed by atoms with E-state index in [1.54, 1.807) is 6.92 Å². The molecule has 2 aliphatic heterocycles. The van der Waals surface area contributed by atoms with Gasteiger partial charge in [-0.05, 0) is 78.1 Å². The molecule has 0 amide bonds. The van der Waals surface area contributed by atoms with Crippen LogP contribution in [0.4, 0.5) is 4.39 Å². The number of allylic oxidation sites excluding steroid dienone is 1. The van der Waals surface area contributed by atoms with Gasteiger partial charge in [0, 0.05) is 25.0 Å². The van der Waals surface area contributed by atoms with Crippen LogP contribution < -0.4 is 0 Å². The third kappa shape index (κ3) is 5.31. The Morgan fingerprint density at radius 1 is 1.26 bits per heavy atom. The van der Waals surface area contributed by atoms with E-state index < -0.39 is 12.0 Å². The van der Waals surface area contributed by atoms with Crippen LogP contribution in [0.1, 0.15) is 84.5 Å². The normalized spacial score (nSPS) is 39.0. The molecule has 0 aromatic rings. The molecule has 27 heavy (non-hydrogen) atoms. The van der Waals surface area contributed by atoms with Crippen molar-refractivity contribution in [2.45, 2.75) is 108 Å². The Morgan fingerprint density at radius 3 is 2.89 bits per heavy atom. The molecule has 0 radical (unpaired) electrons. The topological polar surface area (TPSA) is 47.9 Å². The molecule has 0 bridgehead atoms. The highest BCUT2D eigenvalue weighted by molar-refractivity contribution is 5.17. The maximum Gasteiger partial charge on any atom is 0.157 e. The molecule has 1 saturated carbocycles. The number of ether oxygens (including phenoxy) is 3. The lowest BCUT2D eigenvalue weighted by Gasteiger charge is -2.33. The van der Waals surface area contributed by atoms with Crippen LogP contribution >= 0.6 is 0 Å². The van der Waals surface area contributed by atoms with Gasteiger partial charge in [0.05, 0.1) is 5.60 Å². The minimum atomic E-state index is -1.21. The molecular formula is C22H37FO4. The van der Waals surface area contributed by atoms with Gasteiger partial charge in [0.25, 0.3) is 0 Å². The van der Waals surface area contributed by atoms with Gasteiger partial charge in [-0.2, -0.15) is 0 Å². The van der Waals surface area contributed by atoms with Crippen molar-refractivity contribution in [3.05, 3.63) is 12.2 Å². The zero-order chi connectivity index (χ0) is 19.4. The maximum atomic E-state index is 14.9. The third-order valence-corrected chi connectivity index (χ3v) is 6.78. The molecule has 2 heterocycles. The van der Waals surface area contributed by atoms with Crippen molar-refractivity contribution in [1.29, 1.82) is 0 Å². The van der Waals surface area contributed by atoms with Gasteiger partial charge in [-0.25, -0.2) is 4.39 Å². The Balaban J connectivity index is 1.37. The van der Waals surface area contributed by atoms with Crippen LogP contribution in [0.2, 0.25) is 0 Å². The smallest absolute Gasteiger partial charge is 0.157 e. The molecule has 5 unspecified atom stereocenters. The summed E-state index contributed by atoms with van der Waals surface area (Å²) in [7, 11) is 0. The zero-order valence-corrected chi connectivity index (χ0v) is 17.1. The Hall–Kier alpha value is -0.490.